The van der Waals surface area contributed by atoms with Crippen LogP contribution in [0.25, 0.3) is 0 Å². The summed E-state index contributed by atoms with van der Waals surface area (Å²) in [5, 5.41) is 6.95. The molecule has 0 radical (unpaired) electrons. The molecule has 1 rings (SSSR count). The Labute approximate surface area is 115 Å². The van der Waals surface area contributed by atoms with E-state index >= 15 is 0 Å². The molecule has 1 unspecified atom stereocenters. The predicted molar refractivity (Wildman–Crippen MR) is 81.2 cm³/mol. The number of methoxy groups -OCH3 is 1. The van der Waals surface area contributed by atoms with Crippen molar-refractivity contribution >= 4 is 23.0 Å². The Hall–Kier alpha value is -1.13. The van der Waals surface area contributed by atoms with Gasteiger partial charge in [0, 0.05) is 18.8 Å². The molecule has 2 N–H and O–H groups in total. The fraction of sp³-hybridized carbons (Fsp3) is 0.500. The van der Waals surface area contributed by atoms with Crippen molar-refractivity contribution in [3.8, 4) is 0 Å². The van der Waals surface area contributed by atoms with E-state index in [4.69, 9.17) is 17.0 Å². The number of nitrogens with one attached hydrogen (secondary N) is 2. The summed E-state index contributed by atoms with van der Waals surface area (Å²) in [5.41, 5.74) is 2.33. The summed E-state index contributed by atoms with van der Waals surface area (Å²) >= 11 is 5.23. The maximum atomic E-state index is 5.23. The second-order valence-corrected chi connectivity index (χ2v) is 5.14. The summed E-state index contributed by atoms with van der Waals surface area (Å²) < 4.78 is 5.05. The lowest BCUT2D eigenvalue weighted by Crippen LogP contribution is -2.38. The van der Waals surface area contributed by atoms with E-state index in [1.807, 2.05) is 19.1 Å². The van der Waals surface area contributed by atoms with Crippen LogP contribution in [0, 0.1) is 0 Å². The van der Waals surface area contributed by atoms with Gasteiger partial charge in [0.15, 0.2) is 5.11 Å². The van der Waals surface area contributed by atoms with E-state index in [9.17, 15) is 0 Å². The van der Waals surface area contributed by atoms with Crippen molar-refractivity contribution in [3.63, 3.8) is 0 Å². The minimum atomic E-state index is 0.199. The third-order valence-corrected chi connectivity index (χ3v) is 2.85. The summed E-state index contributed by atoms with van der Waals surface area (Å²) in [6.07, 6.45) is 0. The van der Waals surface area contributed by atoms with Crippen LogP contribution in [0.2, 0.25) is 0 Å². The van der Waals surface area contributed by atoms with Crippen LogP contribution in [0.5, 0.6) is 0 Å². The lowest BCUT2D eigenvalue weighted by molar-refractivity contribution is 0.179. The molecule has 0 aliphatic carbocycles. The molecule has 0 saturated carbocycles. The Bertz CT molecular complexity index is 376. The molecule has 0 spiro atoms. The highest BCUT2D eigenvalue weighted by Gasteiger charge is 2.04. The normalized spacial score (nSPS) is 12.3. The number of anilines is 1. The van der Waals surface area contributed by atoms with Gasteiger partial charge in [-0.25, -0.2) is 0 Å². The van der Waals surface area contributed by atoms with Gasteiger partial charge in [-0.1, -0.05) is 26.0 Å². The van der Waals surface area contributed by atoms with E-state index in [-0.39, 0.29) is 6.04 Å². The number of benzene rings is 1. The Morgan fingerprint density at radius 3 is 2.33 bits per heavy atom. The zero-order chi connectivity index (χ0) is 13.5. The van der Waals surface area contributed by atoms with Crippen LogP contribution < -0.4 is 10.6 Å². The van der Waals surface area contributed by atoms with Gasteiger partial charge in [0.05, 0.1) is 6.61 Å². The molecular formula is C14H22N2OS. The second-order valence-electron chi connectivity index (χ2n) is 4.73. The molecule has 3 nitrogen and oxygen atoms in total. The predicted octanol–water partition coefficient (Wildman–Crippen LogP) is 3.13. The van der Waals surface area contributed by atoms with Crippen LogP contribution in [0.15, 0.2) is 24.3 Å². The molecular weight excluding hydrogens is 244 g/mol. The van der Waals surface area contributed by atoms with Gasteiger partial charge in [-0.15, -0.1) is 0 Å². The average Bonchev–Trinajstić information content (AvgIpc) is 2.29. The van der Waals surface area contributed by atoms with Gasteiger partial charge in [0.25, 0.3) is 0 Å². The standard InChI is InChI=1S/C14H22N2OS/c1-10(2)12-5-7-13(8-6-12)16-14(18)15-11(3)9-17-4/h5-8,10-11H,9H2,1-4H3,(H2,15,16,18). The van der Waals surface area contributed by atoms with Crippen molar-refractivity contribution in [3.05, 3.63) is 29.8 Å². The molecule has 0 aliphatic heterocycles. The molecule has 100 valence electrons. The van der Waals surface area contributed by atoms with Crippen LogP contribution in [0.1, 0.15) is 32.3 Å². The smallest absolute Gasteiger partial charge is 0.171 e. The number of hydrogen-bond donors (Lipinski definition) is 2. The third-order valence-electron chi connectivity index (χ3n) is 2.63. The average molecular weight is 266 g/mol. The minimum Gasteiger partial charge on any atom is -0.383 e. The molecule has 0 amide bonds. The number of thiocarbonyl (C=S) groups is 1. The molecule has 4 heteroatoms. The highest BCUT2D eigenvalue weighted by atomic mass is 32.1. The second kappa shape index (κ2) is 7.34. The van der Waals surface area contributed by atoms with Gasteiger partial charge in [0.1, 0.15) is 0 Å². The van der Waals surface area contributed by atoms with Crippen molar-refractivity contribution in [2.24, 2.45) is 0 Å². The van der Waals surface area contributed by atoms with Gasteiger partial charge in [-0.2, -0.15) is 0 Å². The first kappa shape index (κ1) is 14.9. The van der Waals surface area contributed by atoms with Crippen LogP contribution in [0.3, 0.4) is 0 Å². The molecule has 0 saturated heterocycles. The van der Waals surface area contributed by atoms with E-state index in [0.717, 1.165) is 5.69 Å². The topological polar surface area (TPSA) is 33.3 Å². The van der Waals surface area contributed by atoms with Crippen molar-refractivity contribution < 1.29 is 4.74 Å². The minimum absolute atomic E-state index is 0.199. The van der Waals surface area contributed by atoms with E-state index in [2.05, 4.69) is 36.6 Å². The van der Waals surface area contributed by atoms with Crippen molar-refractivity contribution in [2.75, 3.05) is 19.0 Å². The third kappa shape index (κ3) is 5.02. The van der Waals surface area contributed by atoms with Crippen LogP contribution in [0.4, 0.5) is 5.69 Å². The summed E-state index contributed by atoms with van der Waals surface area (Å²) in [4.78, 5) is 0. The summed E-state index contributed by atoms with van der Waals surface area (Å²) in [7, 11) is 1.68. The van der Waals surface area contributed by atoms with Crippen LogP contribution in [-0.2, 0) is 4.74 Å². The van der Waals surface area contributed by atoms with E-state index in [1.54, 1.807) is 7.11 Å². The number of rotatable bonds is 5. The van der Waals surface area contributed by atoms with Crippen molar-refractivity contribution in [1.82, 2.24) is 5.32 Å². The Kier molecular flexibility index (Phi) is 6.09. The van der Waals surface area contributed by atoms with Gasteiger partial charge in [-0.3, -0.25) is 0 Å². The van der Waals surface area contributed by atoms with Gasteiger partial charge in [-0.05, 0) is 42.8 Å². The molecule has 0 bridgehead atoms. The number of hydrogen-bond acceptors (Lipinski definition) is 2. The fourth-order valence-corrected chi connectivity index (χ4v) is 1.95. The van der Waals surface area contributed by atoms with Gasteiger partial charge in [0.2, 0.25) is 0 Å². The molecule has 0 aliphatic rings. The van der Waals surface area contributed by atoms with E-state index < -0.39 is 0 Å². The Balaban J connectivity index is 2.49. The first-order valence-electron chi connectivity index (χ1n) is 6.19. The lowest BCUT2D eigenvalue weighted by atomic mass is 10.0. The monoisotopic (exact) mass is 266 g/mol. The number of ether oxygens (including phenoxy) is 1. The highest BCUT2D eigenvalue weighted by molar-refractivity contribution is 7.80. The first-order valence-corrected chi connectivity index (χ1v) is 6.60. The maximum Gasteiger partial charge on any atom is 0.171 e. The summed E-state index contributed by atoms with van der Waals surface area (Å²) in [6, 6.07) is 8.53. The fourth-order valence-electron chi connectivity index (χ4n) is 1.63. The Morgan fingerprint density at radius 1 is 1.22 bits per heavy atom. The van der Waals surface area contributed by atoms with Gasteiger partial charge < -0.3 is 15.4 Å². The zero-order valence-electron chi connectivity index (χ0n) is 11.5. The summed E-state index contributed by atoms with van der Waals surface area (Å²) in [5.74, 6) is 0.547. The Morgan fingerprint density at radius 2 is 1.83 bits per heavy atom. The quantitative estimate of drug-likeness (QED) is 0.802. The lowest BCUT2D eigenvalue weighted by Gasteiger charge is -2.16. The van der Waals surface area contributed by atoms with Crippen LogP contribution >= 0.6 is 12.2 Å². The largest absolute Gasteiger partial charge is 0.383 e. The molecule has 18 heavy (non-hydrogen) atoms. The van der Waals surface area contributed by atoms with Gasteiger partial charge >= 0.3 is 0 Å². The molecule has 1 aromatic carbocycles. The van der Waals surface area contributed by atoms with Crippen LogP contribution in [-0.4, -0.2) is 24.9 Å². The molecule has 0 fully saturated rings. The molecule has 0 heterocycles. The van der Waals surface area contributed by atoms with Crippen molar-refractivity contribution in [1.29, 1.82) is 0 Å². The SMILES string of the molecule is COCC(C)NC(=S)Nc1ccc(C(C)C)cc1. The molecule has 1 aromatic rings. The van der Waals surface area contributed by atoms with Crippen molar-refractivity contribution in [2.45, 2.75) is 32.7 Å². The summed E-state index contributed by atoms with van der Waals surface area (Å²) in [6.45, 7) is 7.02. The zero-order valence-corrected chi connectivity index (χ0v) is 12.3. The molecule has 0 aromatic heterocycles. The van der Waals surface area contributed by atoms with E-state index in [0.29, 0.717) is 17.6 Å². The first-order chi connectivity index (χ1) is 8.52. The van der Waals surface area contributed by atoms with E-state index in [1.165, 1.54) is 5.56 Å². The highest BCUT2D eigenvalue weighted by Crippen LogP contribution is 2.16. The molecule has 1 atom stereocenters. The maximum absolute atomic E-state index is 5.23.